The summed E-state index contributed by atoms with van der Waals surface area (Å²) < 4.78 is 2.61. The number of rotatable bonds is 4. The summed E-state index contributed by atoms with van der Waals surface area (Å²) in [6.45, 7) is 0. The Labute approximate surface area is 277 Å². The number of aromatic nitrogens is 3. The van der Waals surface area contributed by atoms with Crippen LogP contribution in [0.4, 0.5) is 0 Å². The molecule has 2 heterocycles. The SMILES string of the molecule is c1ccc(-c2nc(-c3ccc(-c4ccc5c(ccc6ccccc65)c4)cc3)nc(-c3ccc4c(c3)[I-]Cc3ccccc3-4)n2)cc1. The van der Waals surface area contributed by atoms with Gasteiger partial charge in [-0.05, 0) is 21.5 Å². The van der Waals surface area contributed by atoms with Gasteiger partial charge in [-0.25, -0.2) is 0 Å². The van der Waals surface area contributed by atoms with Crippen molar-refractivity contribution >= 4 is 21.5 Å². The van der Waals surface area contributed by atoms with Crippen molar-refractivity contribution in [2.45, 2.75) is 4.43 Å². The van der Waals surface area contributed by atoms with Crippen LogP contribution in [-0.2, 0) is 4.43 Å². The molecule has 0 unspecified atom stereocenters. The summed E-state index contributed by atoms with van der Waals surface area (Å²) >= 11 is -0.126. The Morgan fingerprint density at radius 3 is 1.85 bits per heavy atom. The molecular formula is C42H27IN3-. The molecule has 0 fully saturated rings. The van der Waals surface area contributed by atoms with Crippen LogP contribution in [0.2, 0.25) is 0 Å². The van der Waals surface area contributed by atoms with Crippen LogP contribution in [0.15, 0.2) is 152 Å². The van der Waals surface area contributed by atoms with Crippen molar-refractivity contribution in [1.82, 2.24) is 15.0 Å². The monoisotopic (exact) mass is 700 g/mol. The van der Waals surface area contributed by atoms with Crippen LogP contribution in [0.5, 0.6) is 0 Å². The van der Waals surface area contributed by atoms with E-state index >= 15 is 0 Å². The Hall–Kier alpha value is -5.20. The third kappa shape index (κ3) is 4.86. The number of hydrogen-bond donors (Lipinski definition) is 0. The van der Waals surface area contributed by atoms with Crippen LogP contribution in [0.3, 0.4) is 0 Å². The quantitative estimate of drug-likeness (QED) is 0.110. The van der Waals surface area contributed by atoms with E-state index in [9.17, 15) is 0 Å². The predicted octanol–water partition coefficient (Wildman–Crippen LogP) is 7.29. The molecule has 0 bridgehead atoms. The van der Waals surface area contributed by atoms with Crippen molar-refractivity contribution in [1.29, 1.82) is 0 Å². The standard InChI is InChI=1S/C42H27IN3/c1-2-9-29(10-3-1)40-44-41(46-42(45-40)33-21-23-38-36-13-7-5-11-34(36)26-43-39(38)25-33)30-17-14-27(15-18-30)31-20-22-37-32(24-31)19-16-28-8-4-6-12-35(28)37/h1-25H,26H2/q-1. The van der Waals surface area contributed by atoms with Gasteiger partial charge in [-0.15, -0.1) is 0 Å². The van der Waals surface area contributed by atoms with Gasteiger partial charge in [-0.1, -0.05) is 42.5 Å². The first-order valence-electron chi connectivity index (χ1n) is 15.4. The summed E-state index contributed by atoms with van der Waals surface area (Å²) in [5.74, 6) is 2.07. The summed E-state index contributed by atoms with van der Waals surface area (Å²) in [6.07, 6.45) is 0. The van der Waals surface area contributed by atoms with Crippen LogP contribution in [-0.4, -0.2) is 15.0 Å². The molecule has 3 nitrogen and oxygen atoms in total. The van der Waals surface area contributed by atoms with Gasteiger partial charge in [0.25, 0.3) is 0 Å². The van der Waals surface area contributed by atoms with Crippen LogP contribution in [0.25, 0.3) is 78.0 Å². The molecule has 0 saturated carbocycles. The Morgan fingerprint density at radius 2 is 1.00 bits per heavy atom. The number of nitrogens with zero attached hydrogens (tertiary/aromatic N) is 3. The predicted molar refractivity (Wildman–Crippen MR) is 184 cm³/mol. The summed E-state index contributed by atoms with van der Waals surface area (Å²) in [4.78, 5) is 15.0. The van der Waals surface area contributed by atoms with Crippen molar-refractivity contribution in [3.63, 3.8) is 0 Å². The van der Waals surface area contributed by atoms with Gasteiger partial charge in [-0.2, -0.15) is 0 Å². The molecule has 8 aromatic rings. The van der Waals surface area contributed by atoms with E-state index in [-0.39, 0.29) is 21.2 Å². The second-order valence-corrected chi connectivity index (χ2v) is 14.3. The fourth-order valence-corrected chi connectivity index (χ4v) is 9.31. The second-order valence-electron chi connectivity index (χ2n) is 11.6. The van der Waals surface area contributed by atoms with Gasteiger partial charge in [0.05, 0.1) is 0 Å². The van der Waals surface area contributed by atoms with Crippen LogP contribution >= 0.6 is 0 Å². The molecule has 0 saturated heterocycles. The van der Waals surface area contributed by atoms with Crippen LogP contribution < -0.4 is 21.2 Å². The summed E-state index contributed by atoms with van der Waals surface area (Å²) in [6, 6.07) is 54.1. The van der Waals surface area contributed by atoms with E-state index < -0.39 is 0 Å². The summed E-state index contributed by atoms with van der Waals surface area (Å²) in [5, 5.41) is 5.07. The van der Waals surface area contributed by atoms with E-state index in [0.717, 1.165) is 26.7 Å². The molecule has 1 aromatic heterocycles. The molecule has 46 heavy (non-hydrogen) atoms. The molecule has 0 radical (unpaired) electrons. The first kappa shape index (κ1) is 27.1. The molecule has 4 heteroatoms. The molecule has 1 aliphatic heterocycles. The van der Waals surface area contributed by atoms with E-state index in [4.69, 9.17) is 15.0 Å². The summed E-state index contributed by atoms with van der Waals surface area (Å²) in [5.41, 5.74) is 9.51. The minimum absolute atomic E-state index is 0.126. The average Bonchev–Trinajstić information content (AvgIpc) is 3.14. The molecule has 218 valence electrons. The Bertz CT molecular complexity index is 2420. The molecule has 1 aliphatic rings. The van der Waals surface area contributed by atoms with Gasteiger partial charge in [0.1, 0.15) is 0 Å². The first-order valence-corrected chi connectivity index (χ1v) is 18.0. The maximum absolute atomic E-state index is 5.05. The molecule has 0 aliphatic carbocycles. The third-order valence-corrected chi connectivity index (χ3v) is 11.7. The van der Waals surface area contributed by atoms with Gasteiger partial charge >= 0.3 is 215 Å². The van der Waals surface area contributed by atoms with E-state index in [1.807, 2.05) is 18.2 Å². The van der Waals surface area contributed by atoms with E-state index in [2.05, 4.69) is 133 Å². The Balaban J connectivity index is 1.10. The normalized spacial score (nSPS) is 12.3. The molecule has 0 spiro atoms. The Kier molecular flexibility index (Phi) is 6.67. The van der Waals surface area contributed by atoms with E-state index in [1.165, 1.54) is 47.4 Å². The molecule has 0 amide bonds. The maximum atomic E-state index is 5.05. The zero-order valence-electron chi connectivity index (χ0n) is 24.9. The van der Waals surface area contributed by atoms with Crippen molar-refractivity contribution < 1.29 is 21.2 Å². The molecule has 7 aromatic carbocycles. The van der Waals surface area contributed by atoms with Crippen molar-refractivity contribution in [3.8, 4) is 56.4 Å². The van der Waals surface area contributed by atoms with Gasteiger partial charge < -0.3 is 0 Å². The topological polar surface area (TPSA) is 38.7 Å². The molecular weight excluding hydrogens is 673 g/mol. The van der Waals surface area contributed by atoms with Crippen LogP contribution in [0, 0.1) is 3.57 Å². The number of benzene rings is 7. The van der Waals surface area contributed by atoms with E-state index in [0.29, 0.717) is 17.5 Å². The first-order chi connectivity index (χ1) is 22.8. The number of halogens is 1. The second kappa shape index (κ2) is 11.3. The van der Waals surface area contributed by atoms with Gasteiger partial charge in [0.2, 0.25) is 0 Å². The number of hydrogen-bond acceptors (Lipinski definition) is 3. The van der Waals surface area contributed by atoms with Crippen molar-refractivity contribution in [2.75, 3.05) is 0 Å². The molecule has 0 atom stereocenters. The molecule has 9 rings (SSSR count). The van der Waals surface area contributed by atoms with E-state index in [1.54, 1.807) is 0 Å². The number of alkyl halides is 1. The zero-order chi connectivity index (χ0) is 30.5. The van der Waals surface area contributed by atoms with Crippen molar-refractivity contribution in [3.05, 3.63) is 161 Å². The van der Waals surface area contributed by atoms with Crippen molar-refractivity contribution in [2.24, 2.45) is 0 Å². The van der Waals surface area contributed by atoms with Crippen LogP contribution in [0.1, 0.15) is 5.56 Å². The fourth-order valence-electron chi connectivity index (χ4n) is 6.38. The zero-order valence-corrected chi connectivity index (χ0v) is 27.0. The van der Waals surface area contributed by atoms with Gasteiger partial charge in [-0.3, -0.25) is 0 Å². The van der Waals surface area contributed by atoms with Gasteiger partial charge in [0, 0.05) is 0 Å². The fraction of sp³-hybridized carbons (Fsp3) is 0.0238. The van der Waals surface area contributed by atoms with Gasteiger partial charge in [0.15, 0.2) is 0 Å². The minimum atomic E-state index is -0.126. The third-order valence-electron chi connectivity index (χ3n) is 8.78. The number of fused-ring (bicyclic) bond motifs is 6. The average molecular weight is 701 g/mol. The molecule has 0 N–H and O–H groups in total. The summed E-state index contributed by atoms with van der Waals surface area (Å²) in [7, 11) is 0. The Morgan fingerprint density at radius 1 is 0.391 bits per heavy atom.